The second kappa shape index (κ2) is 8.39. The number of methoxy groups -OCH3 is 1. The van der Waals surface area contributed by atoms with Crippen LogP contribution in [-0.2, 0) is 0 Å². The standard InChI is InChI=1S/C20H22ClN3O3/c1-13-4-3-7-24(12-13)20(26)15-8-14(10-22-11-15)19(25)23-17-9-16(21)5-6-18(17)27-2/h5-6,8-11,13H,3-4,7,12H2,1-2H3,(H,23,25). The van der Waals surface area contributed by atoms with Gasteiger partial charge in [-0.3, -0.25) is 14.6 Å². The van der Waals surface area contributed by atoms with Gasteiger partial charge in [-0.1, -0.05) is 18.5 Å². The summed E-state index contributed by atoms with van der Waals surface area (Å²) in [5.41, 5.74) is 1.17. The molecule has 1 saturated heterocycles. The number of likely N-dealkylation sites (tertiary alicyclic amines) is 1. The zero-order valence-corrected chi connectivity index (χ0v) is 16.1. The zero-order chi connectivity index (χ0) is 19.4. The smallest absolute Gasteiger partial charge is 0.257 e. The summed E-state index contributed by atoms with van der Waals surface area (Å²) in [7, 11) is 1.51. The van der Waals surface area contributed by atoms with Gasteiger partial charge in [-0.05, 0) is 43.0 Å². The van der Waals surface area contributed by atoms with Gasteiger partial charge in [0.15, 0.2) is 0 Å². The van der Waals surface area contributed by atoms with Gasteiger partial charge in [0, 0.05) is 30.5 Å². The van der Waals surface area contributed by atoms with Gasteiger partial charge in [-0.2, -0.15) is 0 Å². The summed E-state index contributed by atoms with van der Waals surface area (Å²) < 4.78 is 5.24. The first-order chi connectivity index (χ1) is 13.0. The second-order valence-electron chi connectivity index (χ2n) is 6.76. The van der Waals surface area contributed by atoms with Crippen molar-refractivity contribution in [1.29, 1.82) is 0 Å². The van der Waals surface area contributed by atoms with E-state index in [4.69, 9.17) is 16.3 Å². The Morgan fingerprint density at radius 2 is 2.04 bits per heavy atom. The lowest BCUT2D eigenvalue weighted by molar-refractivity contribution is 0.0682. The fourth-order valence-electron chi connectivity index (χ4n) is 3.21. The molecule has 1 atom stereocenters. The first kappa shape index (κ1) is 19.2. The molecule has 0 aliphatic carbocycles. The number of benzene rings is 1. The van der Waals surface area contributed by atoms with E-state index >= 15 is 0 Å². The number of anilines is 1. The average Bonchev–Trinajstić information content (AvgIpc) is 2.67. The number of hydrogen-bond donors (Lipinski definition) is 1. The van der Waals surface area contributed by atoms with Gasteiger partial charge in [0.05, 0.1) is 23.9 Å². The number of carbonyl (C=O) groups excluding carboxylic acids is 2. The molecule has 0 saturated carbocycles. The minimum atomic E-state index is -0.385. The van der Waals surface area contributed by atoms with Crippen molar-refractivity contribution in [1.82, 2.24) is 9.88 Å². The number of halogens is 1. The molecule has 1 unspecified atom stereocenters. The Balaban J connectivity index is 1.78. The van der Waals surface area contributed by atoms with Crippen LogP contribution in [0.25, 0.3) is 0 Å². The molecule has 27 heavy (non-hydrogen) atoms. The first-order valence-corrected chi connectivity index (χ1v) is 9.25. The van der Waals surface area contributed by atoms with Crippen molar-refractivity contribution in [3.8, 4) is 5.75 Å². The number of ether oxygens (including phenoxy) is 1. The van der Waals surface area contributed by atoms with E-state index in [1.807, 2.05) is 4.90 Å². The van der Waals surface area contributed by atoms with Crippen molar-refractivity contribution in [2.75, 3.05) is 25.5 Å². The van der Waals surface area contributed by atoms with E-state index in [1.54, 1.807) is 24.3 Å². The van der Waals surface area contributed by atoms with Crippen LogP contribution in [0.2, 0.25) is 5.02 Å². The highest BCUT2D eigenvalue weighted by molar-refractivity contribution is 6.31. The van der Waals surface area contributed by atoms with Crippen LogP contribution in [0.3, 0.4) is 0 Å². The first-order valence-electron chi connectivity index (χ1n) is 8.87. The van der Waals surface area contributed by atoms with Gasteiger partial charge in [0.1, 0.15) is 5.75 Å². The van der Waals surface area contributed by atoms with Gasteiger partial charge in [0.2, 0.25) is 0 Å². The molecule has 2 heterocycles. The minimum Gasteiger partial charge on any atom is -0.495 e. The highest BCUT2D eigenvalue weighted by Gasteiger charge is 2.23. The van der Waals surface area contributed by atoms with E-state index in [0.29, 0.717) is 33.5 Å². The Morgan fingerprint density at radius 1 is 1.26 bits per heavy atom. The number of piperidine rings is 1. The maximum Gasteiger partial charge on any atom is 0.257 e. The molecule has 1 fully saturated rings. The summed E-state index contributed by atoms with van der Waals surface area (Å²) in [6.45, 7) is 3.61. The summed E-state index contributed by atoms with van der Waals surface area (Å²) in [6, 6.07) is 6.53. The molecule has 142 valence electrons. The van der Waals surface area contributed by atoms with Gasteiger partial charge < -0.3 is 15.0 Å². The molecule has 0 radical (unpaired) electrons. The third-order valence-electron chi connectivity index (χ3n) is 4.60. The quantitative estimate of drug-likeness (QED) is 0.864. The molecule has 0 spiro atoms. The van der Waals surface area contributed by atoms with Crippen molar-refractivity contribution in [2.45, 2.75) is 19.8 Å². The Kier molecular flexibility index (Phi) is 5.96. The van der Waals surface area contributed by atoms with E-state index in [2.05, 4.69) is 17.2 Å². The predicted molar refractivity (Wildman–Crippen MR) is 104 cm³/mol. The number of carbonyl (C=O) groups is 2. The molecular weight excluding hydrogens is 366 g/mol. The van der Waals surface area contributed by atoms with E-state index < -0.39 is 0 Å². The molecule has 3 rings (SSSR count). The number of aromatic nitrogens is 1. The largest absolute Gasteiger partial charge is 0.495 e. The van der Waals surface area contributed by atoms with Crippen molar-refractivity contribution in [3.05, 3.63) is 52.8 Å². The average molecular weight is 388 g/mol. The minimum absolute atomic E-state index is 0.0935. The number of pyridine rings is 1. The lowest BCUT2D eigenvalue weighted by atomic mass is 9.99. The van der Waals surface area contributed by atoms with Crippen molar-refractivity contribution in [2.24, 2.45) is 5.92 Å². The molecular formula is C20H22ClN3O3. The third kappa shape index (κ3) is 4.57. The summed E-state index contributed by atoms with van der Waals surface area (Å²) in [5.74, 6) is 0.501. The van der Waals surface area contributed by atoms with Gasteiger partial charge in [-0.25, -0.2) is 0 Å². The highest BCUT2D eigenvalue weighted by atomic mass is 35.5. The molecule has 7 heteroatoms. The van der Waals surface area contributed by atoms with Crippen LogP contribution >= 0.6 is 11.6 Å². The molecule has 1 aromatic carbocycles. The molecule has 6 nitrogen and oxygen atoms in total. The van der Waals surface area contributed by atoms with Crippen molar-refractivity contribution in [3.63, 3.8) is 0 Å². The number of amides is 2. The Bertz CT molecular complexity index is 856. The molecule has 2 amide bonds. The van der Waals surface area contributed by atoms with Gasteiger partial charge in [-0.15, -0.1) is 0 Å². The van der Waals surface area contributed by atoms with E-state index in [-0.39, 0.29) is 11.8 Å². The number of rotatable bonds is 4. The zero-order valence-electron chi connectivity index (χ0n) is 15.4. The molecule has 2 aromatic rings. The van der Waals surface area contributed by atoms with Crippen molar-refractivity contribution < 1.29 is 14.3 Å². The number of nitrogens with one attached hydrogen (secondary N) is 1. The van der Waals surface area contributed by atoms with Crippen LogP contribution in [0, 0.1) is 5.92 Å². The van der Waals surface area contributed by atoms with Crippen LogP contribution in [0.4, 0.5) is 5.69 Å². The summed E-state index contributed by atoms with van der Waals surface area (Å²) in [6.07, 6.45) is 5.06. The third-order valence-corrected chi connectivity index (χ3v) is 4.84. The topological polar surface area (TPSA) is 71.5 Å². The van der Waals surface area contributed by atoms with Crippen LogP contribution in [0.1, 0.15) is 40.5 Å². The fraction of sp³-hybridized carbons (Fsp3) is 0.350. The highest BCUT2D eigenvalue weighted by Crippen LogP contribution is 2.28. The Hall–Kier alpha value is -2.60. The molecule has 1 aliphatic rings. The summed E-state index contributed by atoms with van der Waals surface area (Å²) in [4.78, 5) is 31.3. The van der Waals surface area contributed by atoms with E-state index in [0.717, 1.165) is 25.9 Å². The van der Waals surface area contributed by atoms with Crippen LogP contribution in [0.5, 0.6) is 5.75 Å². The summed E-state index contributed by atoms with van der Waals surface area (Å²) >= 11 is 6.00. The van der Waals surface area contributed by atoms with E-state index in [9.17, 15) is 9.59 Å². The van der Waals surface area contributed by atoms with E-state index in [1.165, 1.54) is 19.5 Å². The predicted octanol–water partition coefficient (Wildman–Crippen LogP) is 3.87. The molecule has 0 bridgehead atoms. The van der Waals surface area contributed by atoms with Gasteiger partial charge >= 0.3 is 0 Å². The summed E-state index contributed by atoms with van der Waals surface area (Å²) in [5, 5.41) is 3.24. The number of nitrogens with zero attached hydrogens (tertiary/aromatic N) is 2. The van der Waals surface area contributed by atoms with Crippen LogP contribution < -0.4 is 10.1 Å². The second-order valence-corrected chi connectivity index (χ2v) is 7.20. The fourth-order valence-corrected chi connectivity index (χ4v) is 3.38. The lowest BCUT2D eigenvalue weighted by Gasteiger charge is -2.31. The Morgan fingerprint density at radius 3 is 2.78 bits per heavy atom. The maximum absolute atomic E-state index is 12.7. The van der Waals surface area contributed by atoms with Gasteiger partial charge in [0.25, 0.3) is 11.8 Å². The lowest BCUT2D eigenvalue weighted by Crippen LogP contribution is -2.39. The Labute approximate surface area is 163 Å². The molecule has 1 N–H and O–H groups in total. The van der Waals surface area contributed by atoms with Crippen LogP contribution in [-0.4, -0.2) is 41.9 Å². The number of hydrogen-bond acceptors (Lipinski definition) is 4. The molecule has 1 aromatic heterocycles. The SMILES string of the molecule is COc1ccc(Cl)cc1NC(=O)c1cncc(C(=O)N2CCCC(C)C2)c1. The van der Waals surface area contributed by atoms with Crippen molar-refractivity contribution >= 4 is 29.1 Å². The monoisotopic (exact) mass is 387 g/mol. The molecule has 1 aliphatic heterocycles. The van der Waals surface area contributed by atoms with Crippen LogP contribution in [0.15, 0.2) is 36.7 Å². The maximum atomic E-state index is 12.7. The normalized spacial score (nSPS) is 16.7.